The maximum absolute atomic E-state index is 11.8. The summed E-state index contributed by atoms with van der Waals surface area (Å²) in [6.45, 7) is 4.72. The molecule has 0 atom stereocenters. The molecule has 0 aromatic carbocycles. The molecule has 0 saturated heterocycles. The van der Waals surface area contributed by atoms with Gasteiger partial charge >= 0.3 is 0 Å². The molecule has 1 amide bonds. The van der Waals surface area contributed by atoms with E-state index in [0.717, 1.165) is 4.47 Å². The number of hydrogen-bond donors (Lipinski definition) is 1. The van der Waals surface area contributed by atoms with Crippen LogP contribution in [0.15, 0.2) is 22.8 Å². The number of hydrogen-bond acceptors (Lipinski definition) is 3. The fourth-order valence-corrected chi connectivity index (χ4v) is 1.29. The summed E-state index contributed by atoms with van der Waals surface area (Å²) >= 11 is 3.28. The third kappa shape index (κ3) is 4.09. The smallest absolute Gasteiger partial charge is 0.269 e. The van der Waals surface area contributed by atoms with Crippen molar-refractivity contribution < 1.29 is 4.79 Å². The largest absolute Gasteiger partial charge is 0.349 e. The number of carbonyl (C=O) groups excluding carboxylic acids is 1. The van der Waals surface area contributed by atoms with Crippen LogP contribution in [-0.2, 0) is 0 Å². The zero-order valence-electron chi connectivity index (χ0n) is 10.6. The van der Waals surface area contributed by atoms with E-state index in [1.165, 1.54) is 0 Å². The molecule has 1 aromatic heterocycles. The number of halogens is 1. The van der Waals surface area contributed by atoms with E-state index in [-0.39, 0.29) is 11.4 Å². The summed E-state index contributed by atoms with van der Waals surface area (Å²) in [5.74, 6) is -0.146. The number of aromatic nitrogens is 1. The van der Waals surface area contributed by atoms with Gasteiger partial charge in [0.2, 0.25) is 0 Å². The standard InChI is InChI=1S/C12H18BrN3O/c1-12(2,16(3)4)8-15-11(17)10-6-5-9(13)7-14-10/h5-7H,8H2,1-4H3,(H,15,17). The van der Waals surface area contributed by atoms with E-state index in [0.29, 0.717) is 12.2 Å². The Morgan fingerprint density at radius 3 is 2.59 bits per heavy atom. The Balaban J connectivity index is 2.59. The highest BCUT2D eigenvalue weighted by Gasteiger charge is 2.21. The van der Waals surface area contributed by atoms with Gasteiger partial charge in [-0.05, 0) is 56.0 Å². The van der Waals surface area contributed by atoms with Crippen LogP contribution >= 0.6 is 15.9 Å². The molecule has 0 aliphatic rings. The maximum atomic E-state index is 11.8. The van der Waals surface area contributed by atoms with Crippen LogP contribution in [0.25, 0.3) is 0 Å². The summed E-state index contributed by atoms with van der Waals surface area (Å²) in [7, 11) is 3.98. The van der Waals surface area contributed by atoms with Gasteiger partial charge in [0.1, 0.15) is 5.69 Å². The Kier molecular flexibility index (Phi) is 4.65. The SMILES string of the molecule is CN(C)C(C)(C)CNC(=O)c1ccc(Br)cn1. The third-order valence-electron chi connectivity index (χ3n) is 2.85. The van der Waals surface area contributed by atoms with Crippen LogP contribution < -0.4 is 5.32 Å². The second-order valence-electron chi connectivity index (χ2n) is 4.75. The van der Waals surface area contributed by atoms with Crippen molar-refractivity contribution in [3.05, 3.63) is 28.5 Å². The molecule has 5 heteroatoms. The van der Waals surface area contributed by atoms with Gasteiger partial charge in [-0.3, -0.25) is 4.79 Å². The van der Waals surface area contributed by atoms with E-state index in [2.05, 4.69) is 45.0 Å². The van der Waals surface area contributed by atoms with Gasteiger partial charge < -0.3 is 10.2 Å². The predicted octanol–water partition coefficient (Wildman–Crippen LogP) is 1.91. The van der Waals surface area contributed by atoms with Gasteiger partial charge in [0.25, 0.3) is 5.91 Å². The van der Waals surface area contributed by atoms with E-state index in [4.69, 9.17) is 0 Å². The zero-order valence-corrected chi connectivity index (χ0v) is 12.2. The quantitative estimate of drug-likeness (QED) is 0.924. The summed E-state index contributed by atoms with van der Waals surface area (Å²) in [6.07, 6.45) is 1.62. The minimum Gasteiger partial charge on any atom is -0.349 e. The first kappa shape index (κ1) is 14.1. The lowest BCUT2D eigenvalue weighted by Crippen LogP contribution is -2.48. The normalized spacial score (nSPS) is 11.6. The Morgan fingerprint density at radius 2 is 2.12 bits per heavy atom. The van der Waals surface area contributed by atoms with Crippen LogP contribution in [0.1, 0.15) is 24.3 Å². The van der Waals surface area contributed by atoms with Crippen molar-refractivity contribution in [3.8, 4) is 0 Å². The third-order valence-corrected chi connectivity index (χ3v) is 3.32. The second-order valence-corrected chi connectivity index (χ2v) is 5.67. The van der Waals surface area contributed by atoms with Gasteiger partial charge in [0, 0.05) is 22.8 Å². The number of pyridine rings is 1. The Bertz CT molecular complexity index is 387. The number of nitrogens with zero attached hydrogens (tertiary/aromatic N) is 2. The van der Waals surface area contributed by atoms with Crippen molar-refractivity contribution in [2.45, 2.75) is 19.4 Å². The molecule has 1 N–H and O–H groups in total. The van der Waals surface area contributed by atoms with E-state index < -0.39 is 0 Å². The van der Waals surface area contributed by atoms with Gasteiger partial charge in [-0.2, -0.15) is 0 Å². The van der Waals surface area contributed by atoms with Crippen LogP contribution in [-0.4, -0.2) is 42.0 Å². The van der Waals surface area contributed by atoms with Gasteiger partial charge in [-0.15, -0.1) is 0 Å². The molecule has 1 heterocycles. The molecule has 1 aromatic rings. The lowest BCUT2D eigenvalue weighted by atomic mass is 10.0. The molecular weight excluding hydrogens is 282 g/mol. The molecule has 94 valence electrons. The van der Waals surface area contributed by atoms with Gasteiger partial charge in [0.15, 0.2) is 0 Å². The molecule has 0 spiro atoms. The lowest BCUT2D eigenvalue weighted by Gasteiger charge is -2.32. The predicted molar refractivity (Wildman–Crippen MR) is 72.0 cm³/mol. The average Bonchev–Trinajstić information content (AvgIpc) is 2.27. The first-order valence-electron chi connectivity index (χ1n) is 5.40. The molecule has 0 unspecified atom stereocenters. The van der Waals surface area contributed by atoms with Crippen molar-refractivity contribution in [1.29, 1.82) is 0 Å². The monoisotopic (exact) mass is 299 g/mol. The van der Waals surface area contributed by atoms with Crippen molar-refractivity contribution in [2.75, 3.05) is 20.6 Å². The minimum absolute atomic E-state index is 0.0783. The molecular formula is C12H18BrN3O. The molecule has 0 aliphatic carbocycles. The van der Waals surface area contributed by atoms with E-state index in [9.17, 15) is 4.79 Å². The Morgan fingerprint density at radius 1 is 1.47 bits per heavy atom. The topological polar surface area (TPSA) is 45.2 Å². The molecule has 0 bridgehead atoms. The van der Waals surface area contributed by atoms with Crippen molar-refractivity contribution >= 4 is 21.8 Å². The highest BCUT2D eigenvalue weighted by molar-refractivity contribution is 9.10. The van der Waals surface area contributed by atoms with Crippen molar-refractivity contribution in [2.24, 2.45) is 0 Å². The Hall–Kier alpha value is -0.940. The Labute approximate surface area is 111 Å². The van der Waals surface area contributed by atoms with E-state index in [1.54, 1.807) is 18.3 Å². The fourth-order valence-electron chi connectivity index (χ4n) is 1.06. The van der Waals surface area contributed by atoms with Crippen LogP contribution in [0.3, 0.4) is 0 Å². The highest BCUT2D eigenvalue weighted by atomic mass is 79.9. The van der Waals surface area contributed by atoms with Crippen LogP contribution in [0, 0.1) is 0 Å². The molecule has 1 rings (SSSR count). The molecule has 0 radical (unpaired) electrons. The molecule has 0 aliphatic heterocycles. The summed E-state index contributed by atoms with van der Waals surface area (Å²) in [5, 5.41) is 2.88. The molecule has 17 heavy (non-hydrogen) atoms. The van der Waals surface area contributed by atoms with Gasteiger partial charge in [-0.25, -0.2) is 4.98 Å². The number of amides is 1. The highest BCUT2D eigenvalue weighted by Crippen LogP contribution is 2.09. The summed E-state index contributed by atoms with van der Waals surface area (Å²) in [5.41, 5.74) is 0.355. The fraction of sp³-hybridized carbons (Fsp3) is 0.500. The van der Waals surface area contributed by atoms with Gasteiger partial charge in [0.05, 0.1) is 0 Å². The minimum atomic E-state index is -0.146. The number of likely N-dealkylation sites (N-methyl/N-ethyl adjacent to an activating group) is 1. The number of nitrogens with one attached hydrogen (secondary N) is 1. The number of rotatable bonds is 4. The van der Waals surface area contributed by atoms with Crippen molar-refractivity contribution in [3.63, 3.8) is 0 Å². The second kappa shape index (κ2) is 5.60. The van der Waals surface area contributed by atoms with Gasteiger partial charge in [-0.1, -0.05) is 0 Å². The van der Waals surface area contributed by atoms with Crippen LogP contribution in [0.4, 0.5) is 0 Å². The summed E-state index contributed by atoms with van der Waals surface area (Å²) in [6, 6.07) is 3.50. The first-order chi connectivity index (χ1) is 7.83. The maximum Gasteiger partial charge on any atom is 0.269 e. The lowest BCUT2D eigenvalue weighted by molar-refractivity contribution is 0.0914. The summed E-state index contributed by atoms with van der Waals surface area (Å²) < 4.78 is 0.864. The van der Waals surface area contributed by atoms with E-state index >= 15 is 0 Å². The van der Waals surface area contributed by atoms with Crippen LogP contribution in [0.2, 0.25) is 0 Å². The molecule has 4 nitrogen and oxygen atoms in total. The first-order valence-corrected chi connectivity index (χ1v) is 6.19. The zero-order chi connectivity index (χ0) is 13.1. The number of carbonyl (C=O) groups is 1. The summed E-state index contributed by atoms with van der Waals surface area (Å²) in [4.78, 5) is 17.9. The van der Waals surface area contributed by atoms with E-state index in [1.807, 2.05) is 14.1 Å². The van der Waals surface area contributed by atoms with Crippen LogP contribution in [0.5, 0.6) is 0 Å². The molecule has 0 fully saturated rings. The average molecular weight is 300 g/mol. The van der Waals surface area contributed by atoms with Crippen molar-refractivity contribution in [1.82, 2.24) is 15.2 Å². The molecule has 0 saturated carbocycles.